The molecule has 0 saturated heterocycles. The number of ether oxygens (including phenoxy) is 1. The van der Waals surface area contributed by atoms with Crippen LogP contribution in [0.4, 0.5) is 29.6 Å². The molecule has 1 aliphatic carbocycles. The number of anilines is 2. The number of hydrogen-bond acceptors (Lipinski definition) is 10. The van der Waals surface area contributed by atoms with Gasteiger partial charge >= 0.3 is 12.3 Å². The molecule has 0 bridgehead atoms. The molecule has 52 heavy (non-hydrogen) atoms. The molecule has 0 fully saturated rings. The van der Waals surface area contributed by atoms with Crippen LogP contribution in [0.15, 0.2) is 66.7 Å². The summed E-state index contributed by atoms with van der Waals surface area (Å²) >= 11 is 5.95. The predicted octanol–water partition coefficient (Wildman–Crippen LogP) is 3.64. The van der Waals surface area contributed by atoms with E-state index in [0.29, 0.717) is 18.8 Å². The Balaban J connectivity index is 0.000000679. The second-order valence-corrected chi connectivity index (χ2v) is 11.5. The fourth-order valence-corrected chi connectivity index (χ4v) is 6.04. The number of alkyl halides is 3. The van der Waals surface area contributed by atoms with Crippen LogP contribution in [-0.2, 0) is 29.2 Å². The van der Waals surface area contributed by atoms with E-state index in [-0.39, 0.29) is 41.6 Å². The third-order valence-corrected chi connectivity index (χ3v) is 8.42. The van der Waals surface area contributed by atoms with Crippen molar-refractivity contribution < 1.29 is 46.8 Å². The lowest BCUT2D eigenvalue weighted by molar-refractivity contribution is -0.676. The van der Waals surface area contributed by atoms with Gasteiger partial charge in [-0.1, -0.05) is 60.1 Å². The van der Waals surface area contributed by atoms with Gasteiger partial charge in [-0.2, -0.15) is 18.7 Å². The number of aromatic nitrogens is 4. The zero-order chi connectivity index (χ0) is 37.7. The number of nitrogens with one attached hydrogen (secondary N) is 2. The summed E-state index contributed by atoms with van der Waals surface area (Å²) in [6.45, 7) is 5.60. The summed E-state index contributed by atoms with van der Waals surface area (Å²) in [6.07, 6.45) is -5.89. The molecule has 0 atom stereocenters. The molecular weight excluding hydrogens is 709 g/mol. The van der Waals surface area contributed by atoms with Crippen molar-refractivity contribution in [3.05, 3.63) is 94.5 Å². The Kier molecular flexibility index (Phi) is 11.0. The Morgan fingerprint density at radius 3 is 2.17 bits per heavy atom. The van der Waals surface area contributed by atoms with Crippen molar-refractivity contribution in [2.45, 2.75) is 45.6 Å². The molecule has 2 aromatic heterocycles. The summed E-state index contributed by atoms with van der Waals surface area (Å²) in [6, 6.07) is 21.8. The molecule has 3 aromatic carbocycles. The molecule has 14 nitrogen and oxygen atoms in total. The standard InChI is InChI=1S/C32H31ClN8O4.C2HF3O2/c1-3-40-24-14-13-18(15-25(24)41(4-2)26(40)16-36-31(42)27-29(34)38-30(35)28(33)37-27)45-39-32(43)44-17-23-21-11-7-5-9-19(21)20-10-6-8-12-22(20)23;3-2(4,5)1(6)7/h5-15,23H,3-4,16-17H2,1-2H3,(H5-,34,35,36,38,39,42,43);(H,6,7). The van der Waals surface area contributed by atoms with E-state index in [1.54, 1.807) is 6.07 Å². The number of aryl methyl sites for hydroxylation is 2. The number of rotatable bonds is 9. The molecule has 6 rings (SSSR count). The van der Waals surface area contributed by atoms with Crippen molar-refractivity contribution in [2.24, 2.45) is 0 Å². The monoisotopic (exact) mass is 740 g/mol. The Morgan fingerprint density at radius 2 is 1.60 bits per heavy atom. The molecule has 6 N–H and O–H groups in total. The SMILES string of the molecule is CCn1c(CNC(=O)c2nc(Cl)c(N)nc2N)[n+](CC)c2ccc(ONC(=O)OCC3c4ccccc4-c4ccccc43)cc21.O=C([O-])C(F)(F)F. The zero-order valence-electron chi connectivity index (χ0n) is 27.7. The number of halogens is 4. The van der Waals surface area contributed by atoms with Gasteiger partial charge in [0.05, 0.1) is 13.1 Å². The van der Waals surface area contributed by atoms with Gasteiger partial charge in [0.2, 0.25) is 0 Å². The molecule has 2 heterocycles. The first-order valence-electron chi connectivity index (χ1n) is 15.7. The number of aliphatic carboxylic acids is 1. The Hall–Kier alpha value is -6.10. The van der Waals surface area contributed by atoms with Crippen molar-refractivity contribution in [2.75, 3.05) is 18.1 Å². The highest BCUT2D eigenvalue weighted by Gasteiger charge is 2.30. The van der Waals surface area contributed by atoms with Crippen LogP contribution < -0.4 is 36.8 Å². The van der Waals surface area contributed by atoms with E-state index >= 15 is 0 Å². The summed E-state index contributed by atoms with van der Waals surface area (Å²) in [4.78, 5) is 47.8. The molecule has 0 aliphatic heterocycles. The number of nitrogens with zero attached hydrogens (tertiary/aromatic N) is 4. The largest absolute Gasteiger partial charge is 0.542 e. The minimum atomic E-state index is -5.19. The highest BCUT2D eigenvalue weighted by molar-refractivity contribution is 6.31. The number of carboxylic acids is 1. The number of carbonyl (C=O) groups excluding carboxylic acids is 3. The van der Waals surface area contributed by atoms with Gasteiger partial charge in [-0.3, -0.25) is 4.79 Å². The van der Waals surface area contributed by atoms with E-state index in [0.717, 1.165) is 39.1 Å². The van der Waals surface area contributed by atoms with Gasteiger partial charge in [-0.05, 0) is 48.2 Å². The first kappa shape index (κ1) is 37.2. The van der Waals surface area contributed by atoms with Crippen LogP contribution in [0.3, 0.4) is 0 Å². The van der Waals surface area contributed by atoms with E-state index < -0.39 is 24.1 Å². The van der Waals surface area contributed by atoms with Crippen LogP contribution in [0.5, 0.6) is 5.75 Å². The molecule has 18 heteroatoms. The highest BCUT2D eigenvalue weighted by atomic mass is 35.5. The van der Waals surface area contributed by atoms with Crippen molar-refractivity contribution in [3.63, 3.8) is 0 Å². The second-order valence-electron chi connectivity index (χ2n) is 11.2. The maximum absolute atomic E-state index is 12.9. The summed E-state index contributed by atoms with van der Waals surface area (Å²) < 4.78 is 41.3. The minimum absolute atomic E-state index is 0.0493. The highest BCUT2D eigenvalue weighted by Crippen LogP contribution is 2.44. The molecule has 1 aliphatic rings. The van der Waals surface area contributed by atoms with Gasteiger partial charge in [-0.25, -0.2) is 23.9 Å². The number of hydroxylamine groups is 1. The zero-order valence-corrected chi connectivity index (χ0v) is 28.4. The number of carboxylic acid groups (broad SMARTS) is 1. The summed E-state index contributed by atoms with van der Waals surface area (Å²) in [5.41, 5.74) is 20.1. The van der Waals surface area contributed by atoms with E-state index in [1.165, 1.54) is 0 Å². The van der Waals surface area contributed by atoms with Crippen LogP contribution in [0, 0.1) is 0 Å². The van der Waals surface area contributed by atoms with E-state index in [2.05, 4.69) is 49.6 Å². The quantitative estimate of drug-likeness (QED) is 0.128. The molecule has 5 aromatic rings. The van der Waals surface area contributed by atoms with Gasteiger partial charge in [0.25, 0.3) is 11.7 Å². The molecule has 0 radical (unpaired) electrons. The summed E-state index contributed by atoms with van der Waals surface area (Å²) in [7, 11) is 0. The van der Waals surface area contributed by atoms with Crippen molar-refractivity contribution in [1.82, 2.24) is 25.3 Å². The van der Waals surface area contributed by atoms with Crippen LogP contribution in [0.1, 0.15) is 47.2 Å². The van der Waals surface area contributed by atoms with E-state index in [9.17, 15) is 22.8 Å². The average molecular weight is 741 g/mol. The first-order valence-corrected chi connectivity index (χ1v) is 16.1. The normalized spacial score (nSPS) is 12.0. The third kappa shape index (κ3) is 7.78. The number of carbonyl (C=O) groups is 3. The Labute approximate surface area is 299 Å². The average Bonchev–Trinajstić information content (AvgIpc) is 3.61. The fourth-order valence-electron chi connectivity index (χ4n) is 5.91. The number of imidazole rings is 1. The number of benzene rings is 3. The van der Waals surface area contributed by atoms with Crippen LogP contribution in [-0.4, -0.2) is 45.3 Å². The molecular formula is C34H32ClF3N8O6. The van der Waals surface area contributed by atoms with Gasteiger partial charge < -0.3 is 36.3 Å². The fraction of sp³-hybridized carbons (Fsp3) is 0.235. The lowest BCUT2D eigenvalue weighted by Gasteiger charge is -2.14. The van der Waals surface area contributed by atoms with Crippen LogP contribution in [0.2, 0.25) is 5.15 Å². The lowest BCUT2D eigenvalue weighted by atomic mass is 9.98. The van der Waals surface area contributed by atoms with Gasteiger partial charge in [0.1, 0.15) is 19.1 Å². The minimum Gasteiger partial charge on any atom is -0.542 e. The second kappa shape index (κ2) is 15.4. The van der Waals surface area contributed by atoms with Gasteiger partial charge in [0, 0.05) is 12.0 Å². The number of amides is 2. The molecule has 0 spiro atoms. The number of nitrogens with two attached hydrogens (primary N) is 2. The number of nitrogen functional groups attached to an aromatic ring is 2. The van der Waals surface area contributed by atoms with Crippen molar-refractivity contribution in [3.8, 4) is 16.9 Å². The molecule has 0 unspecified atom stereocenters. The number of hydrogen-bond donors (Lipinski definition) is 4. The molecule has 272 valence electrons. The Bertz CT molecular complexity index is 2110. The first-order chi connectivity index (χ1) is 24.7. The third-order valence-electron chi connectivity index (χ3n) is 8.14. The van der Waals surface area contributed by atoms with Crippen molar-refractivity contribution in [1.29, 1.82) is 0 Å². The van der Waals surface area contributed by atoms with Crippen molar-refractivity contribution >= 4 is 52.2 Å². The van der Waals surface area contributed by atoms with Gasteiger partial charge in [-0.15, -0.1) is 0 Å². The summed E-state index contributed by atoms with van der Waals surface area (Å²) in [5.74, 6) is -2.51. The van der Waals surface area contributed by atoms with Crippen LogP contribution >= 0.6 is 11.6 Å². The predicted molar refractivity (Wildman–Crippen MR) is 180 cm³/mol. The van der Waals surface area contributed by atoms with E-state index in [1.807, 2.05) is 54.8 Å². The van der Waals surface area contributed by atoms with Crippen LogP contribution in [0.25, 0.3) is 22.2 Å². The maximum atomic E-state index is 12.9. The Morgan fingerprint density at radius 1 is 0.981 bits per heavy atom. The molecule has 0 saturated carbocycles. The lowest BCUT2D eigenvalue weighted by Crippen LogP contribution is -2.40. The van der Waals surface area contributed by atoms with Gasteiger partial charge in [0.15, 0.2) is 39.3 Å². The number of fused-ring (bicyclic) bond motifs is 4. The smallest absolute Gasteiger partial charge is 0.440 e. The van der Waals surface area contributed by atoms with E-state index in [4.69, 9.17) is 42.5 Å². The maximum Gasteiger partial charge on any atom is 0.440 e. The molecule has 2 amide bonds. The topological polar surface area (TPSA) is 203 Å². The summed E-state index contributed by atoms with van der Waals surface area (Å²) in [5, 5.41) is 11.5.